The van der Waals surface area contributed by atoms with Crippen LogP contribution in [-0.4, -0.2) is 31.1 Å². The van der Waals surface area contributed by atoms with Crippen LogP contribution in [0.25, 0.3) is 11.2 Å². The first-order valence-electron chi connectivity index (χ1n) is 7.85. The van der Waals surface area contributed by atoms with Crippen LogP contribution < -0.4 is 16.6 Å². The molecule has 0 saturated heterocycles. The van der Waals surface area contributed by atoms with Gasteiger partial charge in [-0.25, -0.2) is 14.3 Å². The van der Waals surface area contributed by atoms with E-state index in [0.29, 0.717) is 17.7 Å². The molecular formula is C15H23N5O3. The maximum atomic E-state index is 12.4. The van der Waals surface area contributed by atoms with E-state index in [-0.39, 0.29) is 12.5 Å². The Hall–Kier alpha value is -2.38. The van der Waals surface area contributed by atoms with Gasteiger partial charge in [0.05, 0.1) is 6.33 Å². The lowest BCUT2D eigenvalue weighted by atomic mass is 10.2. The molecule has 2 heterocycles. The number of fused-ring (bicyclic) bond motifs is 1. The molecule has 8 nitrogen and oxygen atoms in total. The molecule has 8 heteroatoms. The summed E-state index contributed by atoms with van der Waals surface area (Å²) in [5.74, 6) is -0.331. The largest absolute Gasteiger partial charge is 0.355 e. The van der Waals surface area contributed by atoms with Crippen molar-refractivity contribution in [3.8, 4) is 0 Å². The fourth-order valence-corrected chi connectivity index (χ4v) is 2.51. The lowest BCUT2D eigenvalue weighted by molar-refractivity contribution is -0.121. The van der Waals surface area contributed by atoms with Crippen LogP contribution in [0.1, 0.15) is 32.6 Å². The molecular weight excluding hydrogens is 298 g/mol. The fourth-order valence-electron chi connectivity index (χ4n) is 2.51. The second-order valence-corrected chi connectivity index (χ2v) is 5.67. The summed E-state index contributed by atoms with van der Waals surface area (Å²) in [6, 6.07) is 0. The Bertz CT molecular complexity index is 815. The highest BCUT2D eigenvalue weighted by molar-refractivity contribution is 5.76. The third-order valence-corrected chi connectivity index (χ3v) is 3.86. The molecule has 0 bridgehead atoms. The van der Waals surface area contributed by atoms with E-state index in [9.17, 15) is 14.4 Å². The molecule has 0 radical (unpaired) electrons. The van der Waals surface area contributed by atoms with Crippen LogP contribution in [0, 0.1) is 0 Å². The number of imidazole rings is 1. The van der Waals surface area contributed by atoms with Gasteiger partial charge in [-0.3, -0.25) is 14.2 Å². The Kier molecular flexibility index (Phi) is 5.36. The molecule has 2 rings (SSSR count). The molecule has 0 aromatic carbocycles. The first kappa shape index (κ1) is 17.0. The van der Waals surface area contributed by atoms with Gasteiger partial charge in [0.25, 0.3) is 5.56 Å². The summed E-state index contributed by atoms with van der Waals surface area (Å²) in [5, 5.41) is 2.75. The summed E-state index contributed by atoms with van der Waals surface area (Å²) >= 11 is 0. The standard InChI is InChI=1S/C15H23N5O3/c1-4-5-6-7-8-16-11(21)9-20-14(22)12-13(17-10-18(12)2)19(3)15(20)23/h10H,4-9H2,1-3H3,(H,16,21). The predicted octanol–water partition coefficient (Wildman–Crippen LogP) is 0.130. The third kappa shape index (κ3) is 3.52. The van der Waals surface area contributed by atoms with Crippen LogP contribution >= 0.6 is 0 Å². The molecule has 0 aliphatic carbocycles. The van der Waals surface area contributed by atoms with Gasteiger partial charge in [-0.15, -0.1) is 0 Å². The zero-order valence-corrected chi connectivity index (χ0v) is 13.8. The Balaban J connectivity index is 2.17. The van der Waals surface area contributed by atoms with E-state index in [4.69, 9.17) is 0 Å². The van der Waals surface area contributed by atoms with Gasteiger partial charge < -0.3 is 9.88 Å². The van der Waals surface area contributed by atoms with Gasteiger partial charge in [0.15, 0.2) is 11.2 Å². The molecule has 0 aliphatic rings. The van der Waals surface area contributed by atoms with Crippen molar-refractivity contribution in [2.45, 2.75) is 39.2 Å². The van der Waals surface area contributed by atoms with E-state index in [1.165, 1.54) is 17.9 Å². The summed E-state index contributed by atoms with van der Waals surface area (Å²) < 4.78 is 3.78. The number of amides is 1. The van der Waals surface area contributed by atoms with Crippen molar-refractivity contribution < 1.29 is 4.79 Å². The molecule has 0 spiro atoms. The highest BCUT2D eigenvalue weighted by atomic mass is 16.2. The summed E-state index contributed by atoms with van der Waals surface area (Å²) in [7, 11) is 3.22. The van der Waals surface area contributed by atoms with Crippen LogP contribution in [0.15, 0.2) is 15.9 Å². The van der Waals surface area contributed by atoms with Gasteiger partial charge in [0.1, 0.15) is 6.54 Å². The summed E-state index contributed by atoms with van der Waals surface area (Å²) in [6.45, 7) is 2.40. The number of nitrogens with one attached hydrogen (secondary N) is 1. The lowest BCUT2D eigenvalue weighted by Gasteiger charge is -2.09. The summed E-state index contributed by atoms with van der Waals surface area (Å²) in [5.41, 5.74) is -0.409. The molecule has 1 amide bonds. The first-order valence-corrected chi connectivity index (χ1v) is 7.85. The Morgan fingerprint density at radius 1 is 1.22 bits per heavy atom. The van der Waals surface area contributed by atoms with E-state index in [2.05, 4.69) is 17.2 Å². The van der Waals surface area contributed by atoms with Gasteiger partial charge in [-0.2, -0.15) is 0 Å². The minimum Gasteiger partial charge on any atom is -0.355 e. The molecule has 126 valence electrons. The molecule has 0 aliphatic heterocycles. The Labute approximate surface area is 133 Å². The molecule has 0 unspecified atom stereocenters. The smallest absolute Gasteiger partial charge is 0.332 e. The molecule has 1 N–H and O–H groups in total. The van der Waals surface area contributed by atoms with Crippen LogP contribution in [0.4, 0.5) is 0 Å². The highest BCUT2D eigenvalue weighted by Crippen LogP contribution is 2.02. The van der Waals surface area contributed by atoms with Gasteiger partial charge in [0.2, 0.25) is 5.91 Å². The average Bonchev–Trinajstić information content (AvgIpc) is 2.91. The molecule has 0 atom stereocenters. The normalized spacial score (nSPS) is 11.1. The van der Waals surface area contributed by atoms with Gasteiger partial charge >= 0.3 is 5.69 Å². The maximum Gasteiger partial charge on any atom is 0.332 e. The molecule has 23 heavy (non-hydrogen) atoms. The van der Waals surface area contributed by atoms with E-state index >= 15 is 0 Å². The van der Waals surface area contributed by atoms with Crippen LogP contribution in [0.5, 0.6) is 0 Å². The number of aromatic nitrogens is 4. The Morgan fingerprint density at radius 2 is 1.96 bits per heavy atom. The number of hydrogen-bond donors (Lipinski definition) is 1. The van der Waals surface area contributed by atoms with Gasteiger partial charge in [-0.05, 0) is 6.42 Å². The predicted molar refractivity (Wildman–Crippen MR) is 87.4 cm³/mol. The minimum absolute atomic E-state index is 0.277. The van der Waals surface area contributed by atoms with Crippen molar-refractivity contribution in [1.82, 2.24) is 24.0 Å². The van der Waals surface area contributed by atoms with E-state index in [1.807, 2.05) is 0 Å². The van der Waals surface area contributed by atoms with Crippen molar-refractivity contribution in [2.24, 2.45) is 14.1 Å². The van der Waals surface area contributed by atoms with Crippen molar-refractivity contribution >= 4 is 17.1 Å². The highest BCUT2D eigenvalue weighted by Gasteiger charge is 2.16. The zero-order chi connectivity index (χ0) is 17.0. The number of aryl methyl sites for hydroxylation is 2. The molecule has 0 fully saturated rings. The van der Waals surface area contributed by atoms with Crippen molar-refractivity contribution in [1.29, 1.82) is 0 Å². The van der Waals surface area contributed by atoms with Crippen molar-refractivity contribution in [3.63, 3.8) is 0 Å². The zero-order valence-electron chi connectivity index (χ0n) is 13.8. The first-order chi connectivity index (χ1) is 11.0. The Morgan fingerprint density at radius 3 is 2.65 bits per heavy atom. The van der Waals surface area contributed by atoms with Crippen LogP contribution in [0.3, 0.4) is 0 Å². The van der Waals surface area contributed by atoms with E-state index < -0.39 is 11.2 Å². The second kappa shape index (κ2) is 7.26. The van der Waals surface area contributed by atoms with Crippen LogP contribution in [0.2, 0.25) is 0 Å². The van der Waals surface area contributed by atoms with Crippen LogP contribution in [-0.2, 0) is 25.4 Å². The van der Waals surface area contributed by atoms with Gasteiger partial charge in [0, 0.05) is 20.6 Å². The SMILES string of the molecule is CCCCCCNC(=O)Cn1c(=O)c2c(ncn2C)n(C)c1=O. The van der Waals surface area contributed by atoms with Crippen molar-refractivity contribution in [3.05, 3.63) is 27.2 Å². The monoisotopic (exact) mass is 321 g/mol. The summed E-state index contributed by atoms with van der Waals surface area (Å²) in [6.07, 6.45) is 5.69. The summed E-state index contributed by atoms with van der Waals surface area (Å²) in [4.78, 5) is 40.7. The van der Waals surface area contributed by atoms with Gasteiger partial charge in [-0.1, -0.05) is 26.2 Å². The number of unbranched alkanes of at least 4 members (excludes halogenated alkanes) is 3. The number of nitrogens with zero attached hydrogens (tertiary/aromatic N) is 4. The topological polar surface area (TPSA) is 90.9 Å². The van der Waals surface area contributed by atoms with E-state index in [1.54, 1.807) is 11.6 Å². The minimum atomic E-state index is -0.540. The molecule has 2 aromatic heterocycles. The second-order valence-electron chi connectivity index (χ2n) is 5.67. The number of carbonyl (C=O) groups is 1. The molecule has 0 saturated carbocycles. The number of hydrogen-bond acceptors (Lipinski definition) is 4. The number of rotatable bonds is 7. The maximum absolute atomic E-state index is 12.4. The lowest BCUT2D eigenvalue weighted by Crippen LogP contribution is -2.43. The fraction of sp³-hybridized carbons (Fsp3) is 0.600. The molecule has 2 aromatic rings. The quantitative estimate of drug-likeness (QED) is 0.734. The van der Waals surface area contributed by atoms with Crippen molar-refractivity contribution in [2.75, 3.05) is 6.54 Å². The third-order valence-electron chi connectivity index (χ3n) is 3.86. The number of carbonyl (C=O) groups excluding carboxylic acids is 1. The van der Waals surface area contributed by atoms with E-state index in [0.717, 1.165) is 30.3 Å². The average molecular weight is 321 g/mol.